The van der Waals surface area contributed by atoms with Gasteiger partial charge in [0.25, 0.3) is 0 Å². The van der Waals surface area contributed by atoms with E-state index in [4.69, 9.17) is 25.8 Å². The van der Waals surface area contributed by atoms with Crippen molar-refractivity contribution < 1.29 is 19.0 Å². The summed E-state index contributed by atoms with van der Waals surface area (Å²) < 4.78 is 16.1. The lowest BCUT2D eigenvalue weighted by Crippen LogP contribution is -2.17. The first-order valence-corrected chi connectivity index (χ1v) is 9.26. The third kappa shape index (κ3) is 4.48. The maximum absolute atomic E-state index is 12.8. The predicted molar refractivity (Wildman–Crippen MR) is 109 cm³/mol. The molecule has 27 heavy (non-hydrogen) atoms. The zero-order chi connectivity index (χ0) is 20.0. The van der Waals surface area contributed by atoms with Gasteiger partial charge in [0.1, 0.15) is 0 Å². The van der Waals surface area contributed by atoms with Crippen LogP contribution in [0.25, 0.3) is 0 Å². The van der Waals surface area contributed by atoms with E-state index >= 15 is 0 Å². The number of halogens is 1. The third-order valence-corrected chi connectivity index (χ3v) is 4.83. The first-order valence-electron chi connectivity index (χ1n) is 8.88. The fraction of sp³-hybridized carbons (Fsp3) is 0.381. The van der Waals surface area contributed by atoms with Crippen LogP contribution in [0.15, 0.2) is 24.3 Å². The highest BCUT2D eigenvalue weighted by Crippen LogP contribution is 2.40. The van der Waals surface area contributed by atoms with Crippen LogP contribution in [0.4, 0.5) is 5.69 Å². The van der Waals surface area contributed by atoms with Crippen molar-refractivity contribution in [2.24, 2.45) is 0 Å². The second-order valence-electron chi connectivity index (χ2n) is 5.99. The molecule has 5 nitrogen and oxygen atoms in total. The number of anilines is 1. The van der Waals surface area contributed by atoms with Crippen molar-refractivity contribution in [2.75, 3.05) is 26.6 Å². The summed E-state index contributed by atoms with van der Waals surface area (Å²) in [5.41, 5.74) is 3.52. The number of hydrogen-bond donors (Lipinski definition) is 1. The van der Waals surface area contributed by atoms with Crippen molar-refractivity contribution in [3.8, 4) is 17.2 Å². The summed E-state index contributed by atoms with van der Waals surface area (Å²) in [7, 11) is 4.64. The Morgan fingerprint density at radius 2 is 1.59 bits per heavy atom. The van der Waals surface area contributed by atoms with E-state index in [1.54, 1.807) is 26.4 Å². The molecule has 0 aliphatic carbocycles. The molecule has 0 heterocycles. The number of rotatable bonds is 8. The minimum atomic E-state index is -0.146. The second kappa shape index (κ2) is 9.51. The lowest BCUT2D eigenvalue weighted by Gasteiger charge is -2.18. The zero-order valence-corrected chi connectivity index (χ0v) is 17.2. The summed E-state index contributed by atoms with van der Waals surface area (Å²) in [6.45, 7) is 4.07. The summed E-state index contributed by atoms with van der Waals surface area (Å²) in [6, 6.07) is 7.40. The number of methoxy groups -OCH3 is 3. The number of nitrogens with one attached hydrogen (secondary N) is 1. The molecule has 2 aromatic carbocycles. The number of ether oxygens (including phenoxy) is 3. The van der Waals surface area contributed by atoms with Gasteiger partial charge in [-0.2, -0.15) is 0 Å². The molecular weight excluding hydrogens is 366 g/mol. The van der Waals surface area contributed by atoms with Gasteiger partial charge in [-0.1, -0.05) is 37.6 Å². The first kappa shape index (κ1) is 20.9. The van der Waals surface area contributed by atoms with E-state index in [2.05, 4.69) is 12.2 Å². The van der Waals surface area contributed by atoms with Gasteiger partial charge in [-0.3, -0.25) is 4.79 Å². The molecule has 0 fully saturated rings. The van der Waals surface area contributed by atoms with Crippen LogP contribution in [0.3, 0.4) is 0 Å². The minimum Gasteiger partial charge on any atom is -0.493 e. The van der Waals surface area contributed by atoms with Gasteiger partial charge in [-0.15, -0.1) is 0 Å². The number of amides is 1. The van der Waals surface area contributed by atoms with Crippen LogP contribution < -0.4 is 19.5 Å². The third-order valence-electron chi connectivity index (χ3n) is 4.48. The highest BCUT2D eigenvalue weighted by molar-refractivity contribution is 6.32. The van der Waals surface area contributed by atoms with E-state index in [9.17, 15) is 4.79 Å². The highest BCUT2D eigenvalue weighted by Gasteiger charge is 2.19. The van der Waals surface area contributed by atoms with Crippen LogP contribution in [0.1, 0.15) is 30.5 Å². The normalized spacial score (nSPS) is 10.4. The van der Waals surface area contributed by atoms with Crippen LogP contribution in [0.5, 0.6) is 17.2 Å². The molecule has 0 aliphatic rings. The Kier molecular flexibility index (Phi) is 7.36. The Morgan fingerprint density at radius 1 is 0.926 bits per heavy atom. The van der Waals surface area contributed by atoms with Crippen molar-refractivity contribution >= 4 is 23.2 Å². The van der Waals surface area contributed by atoms with Crippen LogP contribution in [-0.4, -0.2) is 27.2 Å². The zero-order valence-electron chi connectivity index (χ0n) is 16.4. The SMILES string of the molecule is CCc1ccc(Cl)c(CC)c1NC(=O)Cc1ccc(OC)c(OC)c1OC. The Balaban J connectivity index is 2.33. The molecule has 0 bridgehead atoms. The molecule has 146 valence electrons. The van der Waals surface area contributed by atoms with Crippen LogP contribution in [-0.2, 0) is 24.1 Å². The van der Waals surface area contributed by atoms with E-state index in [0.29, 0.717) is 27.8 Å². The number of carbonyl (C=O) groups is 1. The number of carbonyl (C=O) groups excluding carboxylic acids is 1. The first-order chi connectivity index (χ1) is 13.0. The Labute approximate surface area is 165 Å². The van der Waals surface area contributed by atoms with Crippen LogP contribution >= 0.6 is 11.6 Å². The molecule has 2 rings (SSSR count). The molecule has 2 aromatic rings. The molecule has 0 unspecified atom stereocenters. The van der Waals surface area contributed by atoms with Crippen LogP contribution in [0.2, 0.25) is 5.02 Å². The highest BCUT2D eigenvalue weighted by atomic mass is 35.5. The predicted octanol–water partition coefficient (Wildman–Crippen LogP) is 4.67. The van der Waals surface area contributed by atoms with Gasteiger partial charge < -0.3 is 19.5 Å². The van der Waals surface area contributed by atoms with Gasteiger partial charge in [-0.05, 0) is 36.1 Å². The summed E-state index contributed by atoms with van der Waals surface area (Å²) in [5.74, 6) is 1.36. The van der Waals surface area contributed by atoms with E-state index in [-0.39, 0.29) is 12.3 Å². The summed E-state index contributed by atoms with van der Waals surface area (Å²) in [6.07, 6.45) is 1.68. The lowest BCUT2D eigenvalue weighted by molar-refractivity contribution is -0.115. The molecule has 6 heteroatoms. The number of benzene rings is 2. The topological polar surface area (TPSA) is 56.8 Å². The van der Waals surface area contributed by atoms with Gasteiger partial charge in [0.2, 0.25) is 11.7 Å². The van der Waals surface area contributed by atoms with Gasteiger partial charge in [0, 0.05) is 16.3 Å². The molecule has 0 radical (unpaired) electrons. The average Bonchev–Trinajstić information content (AvgIpc) is 2.67. The molecule has 0 atom stereocenters. The Bertz CT molecular complexity index is 820. The molecule has 1 amide bonds. The van der Waals surface area contributed by atoms with E-state index in [0.717, 1.165) is 29.7 Å². The average molecular weight is 392 g/mol. The molecular formula is C21H26ClNO4. The second-order valence-corrected chi connectivity index (χ2v) is 6.39. The van der Waals surface area contributed by atoms with Crippen molar-refractivity contribution in [1.29, 1.82) is 0 Å². The fourth-order valence-electron chi connectivity index (χ4n) is 3.13. The van der Waals surface area contributed by atoms with E-state index in [1.165, 1.54) is 7.11 Å². The van der Waals surface area contributed by atoms with Gasteiger partial charge in [0.15, 0.2) is 11.5 Å². The van der Waals surface area contributed by atoms with Crippen molar-refractivity contribution in [1.82, 2.24) is 0 Å². The van der Waals surface area contributed by atoms with Crippen molar-refractivity contribution in [2.45, 2.75) is 33.1 Å². The maximum Gasteiger partial charge on any atom is 0.228 e. The van der Waals surface area contributed by atoms with E-state index in [1.807, 2.05) is 19.1 Å². The maximum atomic E-state index is 12.8. The molecule has 0 saturated heterocycles. The van der Waals surface area contributed by atoms with Gasteiger partial charge in [0.05, 0.1) is 27.8 Å². The van der Waals surface area contributed by atoms with Gasteiger partial charge >= 0.3 is 0 Å². The van der Waals surface area contributed by atoms with Crippen molar-refractivity contribution in [3.05, 3.63) is 46.0 Å². The summed E-state index contributed by atoms with van der Waals surface area (Å²) >= 11 is 6.32. The molecule has 0 aliphatic heterocycles. The molecule has 0 saturated carbocycles. The largest absolute Gasteiger partial charge is 0.493 e. The number of hydrogen-bond acceptors (Lipinski definition) is 4. The monoisotopic (exact) mass is 391 g/mol. The van der Waals surface area contributed by atoms with Crippen LogP contribution in [0, 0.1) is 0 Å². The van der Waals surface area contributed by atoms with Crippen molar-refractivity contribution in [3.63, 3.8) is 0 Å². The minimum absolute atomic E-state index is 0.141. The Hall–Kier alpha value is -2.40. The smallest absolute Gasteiger partial charge is 0.228 e. The van der Waals surface area contributed by atoms with E-state index < -0.39 is 0 Å². The quantitative estimate of drug-likeness (QED) is 0.710. The molecule has 0 spiro atoms. The lowest BCUT2D eigenvalue weighted by atomic mass is 10.0. The fourth-order valence-corrected chi connectivity index (χ4v) is 3.42. The molecule has 0 aromatic heterocycles. The Morgan fingerprint density at radius 3 is 2.15 bits per heavy atom. The standard InChI is InChI=1S/C21H26ClNO4/c1-6-13-8-10-16(22)15(7-2)19(13)23-18(24)12-14-9-11-17(25-3)21(27-5)20(14)26-4/h8-11H,6-7,12H2,1-5H3,(H,23,24). The number of aryl methyl sites for hydroxylation is 1. The van der Waals surface area contributed by atoms with Gasteiger partial charge in [-0.25, -0.2) is 0 Å². The summed E-state index contributed by atoms with van der Waals surface area (Å²) in [4.78, 5) is 12.8. The molecule has 1 N–H and O–H groups in total. The summed E-state index contributed by atoms with van der Waals surface area (Å²) in [5, 5.41) is 3.70.